The topological polar surface area (TPSA) is 62.7 Å². The number of piperazine rings is 1. The van der Waals surface area contributed by atoms with E-state index in [1.54, 1.807) is 12.3 Å². The van der Waals surface area contributed by atoms with E-state index in [-0.39, 0.29) is 5.97 Å². The quantitative estimate of drug-likeness (QED) is 0.766. The molecule has 1 unspecified atom stereocenters. The lowest BCUT2D eigenvalue weighted by Gasteiger charge is -2.37. The minimum Gasteiger partial charge on any atom is -0.465 e. The van der Waals surface area contributed by atoms with E-state index >= 15 is 0 Å². The number of carbonyl (C=O) groups excluding carboxylic acids is 2. The van der Waals surface area contributed by atoms with Crippen molar-refractivity contribution in [2.45, 2.75) is 25.4 Å². The molecule has 112 valence electrons. The zero-order valence-electron chi connectivity index (χ0n) is 12.1. The molecule has 0 saturated carbocycles. The molecule has 1 aromatic heterocycles. The van der Waals surface area contributed by atoms with Crippen LogP contribution in [0.2, 0.25) is 0 Å². The maximum absolute atomic E-state index is 11.7. The Morgan fingerprint density at radius 2 is 2.29 bits per heavy atom. The molecule has 1 amide bonds. The van der Waals surface area contributed by atoms with Crippen LogP contribution in [0.15, 0.2) is 18.3 Å². The van der Waals surface area contributed by atoms with Gasteiger partial charge in [-0.15, -0.1) is 0 Å². The van der Waals surface area contributed by atoms with Gasteiger partial charge in [0.15, 0.2) is 0 Å². The van der Waals surface area contributed by atoms with Crippen LogP contribution in [0, 0.1) is 0 Å². The highest BCUT2D eigenvalue weighted by Crippen LogP contribution is 2.23. The summed E-state index contributed by atoms with van der Waals surface area (Å²) in [6, 6.07) is 3.96. The average molecular weight is 289 g/mol. The predicted molar refractivity (Wildman–Crippen MR) is 75.6 cm³/mol. The van der Waals surface area contributed by atoms with Gasteiger partial charge in [0, 0.05) is 44.8 Å². The summed E-state index contributed by atoms with van der Waals surface area (Å²) in [5.41, 5.74) is 1.40. The van der Waals surface area contributed by atoms with Crippen LogP contribution in [0.5, 0.6) is 0 Å². The first-order valence-corrected chi connectivity index (χ1v) is 7.22. The van der Waals surface area contributed by atoms with Gasteiger partial charge in [-0.05, 0) is 18.6 Å². The molecule has 2 fully saturated rings. The number of esters is 1. The first-order valence-electron chi connectivity index (χ1n) is 7.22. The van der Waals surface area contributed by atoms with Crippen molar-refractivity contribution in [2.75, 3.05) is 26.7 Å². The van der Waals surface area contributed by atoms with Crippen molar-refractivity contribution in [3.63, 3.8) is 0 Å². The Hall–Kier alpha value is -1.95. The standard InChI is InChI=1S/C15H19N3O3/c1-21-15(20)11-2-3-12(16-8-11)9-17-6-7-18-13(10-17)4-5-14(18)19/h2-3,8,13H,4-7,9-10H2,1H3. The Labute approximate surface area is 123 Å². The summed E-state index contributed by atoms with van der Waals surface area (Å²) in [6.07, 6.45) is 3.20. The molecule has 6 nitrogen and oxygen atoms in total. The van der Waals surface area contributed by atoms with Crippen LogP contribution in [0.3, 0.4) is 0 Å². The lowest BCUT2D eigenvalue weighted by Crippen LogP contribution is -2.51. The van der Waals surface area contributed by atoms with Gasteiger partial charge in [-0.2, -0.15) is 0 Å². The van der Waals surface area contributed by atoms with E-state index in [9.17, 15) is 9.59 Å². The second kappa shape index (κ2) is 5.81. The number of carbonyl (C=O) groups is 2. The van der Waals surface area contributed by atoms with Gasteiger partial charge in [0.25, 0.3) is 0 Å². The summed E-state index contributed by atoms with van der Waals surface area (Å²) >= 11 is 0. The van der Waals surface area contributed by atoms with Crippen molar-refractivity contribution in [3.05, 3.63) is 29.6 Å². The molecule has 2 saturated heterocycles. The van der Waals surface area contributed by atoms with E-state index < -0.39 is 0 Å². The van der Waals surface area contributed by atoms with E-state index in [4.69, 9.17) is 0 Å². The minimum atomic E-state index is -0.368. The number of ether oxygens (including phenoxy) is 1. The number of fused-ring (bicyclic) bond motifs is 1. The second-order valence-corrected chi connectivity index (χ2v) is 5.54. The van der Waals surface area contributed by atoms with E-state index in [0.29, 0.717) is 23.9 Å². The average Bonchev–Trinajstić information content (AvgIpc) is 2.88. The number of rotatable bonds is 3. The van der Waals surface area contributed by atoms with Crippen molar-refractivity contribution in [2.24, 2.45) is 0 Å². The molecule has 3 heterocycles. The number of methoxy groups -OCH3 is 1. The maximum atomic E-state index is 11.7. The molecule has 0 aliphatic carbocycles. The number of nitrogens with zero attached hydrogens (tertiary/aromatic N) is 3. The molecule has 3 rings (SSSR count). The summed E-state index contributed by atoms with van der Waals surface area (Å²) in [5.74, 6) is -0.0765. The van der Waals surface area contributed by atoms with Crippen molar-refractivity contribution < 1.29 is 14.3 Å². The fourth-order valence-electron chi connectivity index (χ4n) is 3.06. The third-order valence-corrected chi connectivity index (χ3v) is 4.21. The molecule has 1 aromatic rings. The largest absolute Gasteiger partial charge is 0.465 e. The highest BCUT2D eigenvalue weighted by molar-refractivity contribution is 5.88. The molecular formula is C15H19N3O3. The number of aromatic nitrogens is 1. The Morgan fingerprint density at radius 1 is 1.43 bits per heavy atom. The van der Waals surface area contributed by atoms with Crippen LogP contribution < -0.4 is 0 Å². The second-order valence-electron chi connectivity index (χ2n) is 5.54. The fourth-order valence-corrected chi connectivity index (χ4v) is 3.06. The first kappa shape index (κ1) is 14.0. The number of amides is 1. The van der Waals surface area contributed by atoms with Crippen LogP contribution in [0.4, 0.5) is 0 Å². The normalized spacial score (nSPS) is 22.2. The predicted octanol–water partition coefficient (Wildman–Crippen LogP) is 0.675. The molecule has 1 atom stereocenters. The van der Waals surface area contributed by atoms with Crippen LogP contribution >= 0.6 is 0 Å². The first-order chi connectivity index (χ1) is 10.2. The number of hydrogen-bond acceptors (Lipinski definition) is 5. The minimum absolute atomic E-state index is 0.292. The van der Waals surface area contributed by atoms with Crippen molar-refractivity contribution >= 4 is 11.9 Å². The van der Waals surface area contributed by atoms with Gasteiger partial charge < -0.3 is 9.64 Å². The summed E-state index contributed by atoms with van der Waals surface area (Å²) in [7, 11) is 1.36. The molecular weight excluding hydrogens is 270 g/mol. The molecule has 6 heteroatoms. The van der Waals surface area contributed by atoms with Crippen LogP contribution in [-0.2, 0) is 16.1 Å². The lowest BCUT2D eigenvalue weighted by molar-refractivity contribution is -0.130. The summed E-state index contributed by atoms with van der Waals surface area (Å²) in [5, 5.41) is 0. The van der Waals surface area contributed by atoms with Crippen LogP contribution in [-0.4, -0.2) is 59.4 Å². The van der Waals surface area contributed by atoms with Crippen molar-refractivity contribution in [1.82, 2.24) is 14.8 Å². The van der Waals surface area contributed by atoms with Gasteiger partial charge in [-0.1, -0.05) is 0 Å². The van der Waals surface area contributed by atoms with Crippen LogP contribution in [0.1, 0.15) is 28.9 Å². The van der Waals surface area contributed by atoms with Gasteiger partial charge in [-0.25, -0.2) is 4.79 Å². The molecule has 0 spiro atoms. The zero-order chi connectivity index (χ0) is 14.8. The van der Waals surface area contributed by atoms with Crippen LogP contribution in [0.25, 0.3) is 0 Å². The Morgan fingerprint density at radius 3 is 3.00 bits per heavy atom. The SMILES string of the molecule is COC(=O)c1ccc(CN2CCN3C(=O)CCC3C2)nc1. The van der Waals surface area contributed by atoms with E-state index in [1.165, 1.54) is 7.11 Å². The molecule has 2 aliphatic rings. The van der Waals surface area contributed by atoms with E-state index in [0.717, 1.165) is 38.3 Å². The fraction of sp³-hybridized carbons (Fsp3) is 0.533. The van der Waals surface area contributed by atoms with Gasteiger partial charge in [-0.3, -0.25) is 14.7 Å². The summed E-state index contributed by atoms with van der Waals surface area (Å²) in [6.45, 7) is 3.35. The molecule has 0 radical (unpaired) electrons. The smallest absolute Gasteiger partial charge is 0.339 e. The molecule has 0 aromatic carbocycles. The highest BCUT2D eigenvalue weighted by Gasteiger charge is 2.35. The maximum Gasteiger partial charge on any atom is 0.339 e. The lowest BCUT2D eigenvalue weighted by atomic mass is 10.1. The Kier molecular flexibility index (Phi) is 3.88. The van der Waals surface area contributed by atoms with Crippen molar-refractivity contribution in [3.8, 4) is 0 Å². The molecule has 21 heavy (non-hydrogen) atoms. The highest BCUT2D eigenvalue weighted by atomic mass is 16.5. The van der Waals surface area contributed by atoms with E-state index in [1.807, 2.05) is 11.0 Å². The number of pyridine rings is 1. The van der Waals surface area contributed by atoms with Gasteiger partial charge in [0.2, 0.25) is 5.91 Å². The molecule has 2 aliphatic heterocycles. The van der Waals surface area contributed by atoms with Gasteiger partial charge in [0.05, 0.1) is 18.4 Å². The van der Waals surface area contributed by atoms with E-state index in [2.05, 4.69) is 14.6 Å². The summed E-state index contributed by atoms with van der Waals surface area (Å²) < 4.78 is 4.66. The molecule has 0 N–H and O–H groups in total. The Balaban J connectivity index is 1.60. The third-order valence-electron chi connectivity index (χ3n) is 4.21. The van der Waals surface area contributed by atoms with Gasteiger partial charge in [0.1, 0.15) is 0 Å². The summed E-state index contributed by atoms with van der Waals surface area (Å²) in [4.78, 5) is 31.7. The monoisotopic (exact) mass is 289 g/mol. The molecule has 0 bridgehead atoms. The third kappa shape index (κ3) is 2.90. The van der Waals surface area contributed by atoms with Gasteiger partial charge >= 0.3 is 5.97 Å². The van der Waals surface area contributed by atoms with Crippen molar-refractivity contribution in [1.29, 1.82) is 0 Å². The number of hydrogen-bond donors (Lipinski definition) is 0. The Bertz CT molecular complexity index is 544. The zero-order valence-corrected chi connectivity index (χ0v) is 12.1.